The highest BCUT2D eigenvalue weighted by Gasteiger charge is 2.35. The second-order valence-corrected chi connectivity index (χ2v) is 7.11. The first-order valence-corrected chi connectivity index (χ1v) is 8.21. The van der Waals surface area contributed by atoms with Gasteiger partial charge in [-0.15, -0.1) is 12.4 Å². The monoisotopic (exact) mass is 368 g/mol. The third kappa shape index (κ3) is 3.49. The molecular weight excluding hydrogens is 352 g/mol. The number of hydrogen-bond donors (Lipinski definition) is 1. The molecule has 0 spiro atoms. The van der Waals surface area contributed by atoms with Crippen molar-refractivity contribution in [2.24, 2.45) is 0 Å². The maximum absolute atomic E-state index is 12.6. The molecule has 108 valence electrons. The Labute approximate surface area is 129 Å². The molecule has 1 unspecified atom stereocenters. The Morgan fingerprint density at radius 1 is 1.42 bits per heavy atom. The van der Waals surface area contributed by atoms with Gasteiger partial charge in [-0.2, -0.15) is 4.31 Å². The molecule has 19 heavy (non-hydrogen) atoms. The molecule has 1 atom stereocenters. The molecule has 0 aliphatic carbocycles. The molecule has 1 fully saturated rings. The van der Waals surface area contributed by atoms with Gasteiger partial charge in [-0.3, -0.25) is 0 Å². The standard InChI is InChI=1S/C12H17BrN2O2S.ClH/c1-14-9-10-5-4-8-15(10)18(16,17)12-7-3-2-6-11(12)13;/h2-3,6-7,10,14H,4-5,8-9H2,1H3;1H. The van der Waals surface area contributed by atoms with Crippen molar-refractivity contribution >= 4 is 38.4 Å². The van der Waals surface area contributed by atoms with Gasteiger partial charge in [0.2, 0.25) is 10.0 Å². The quantitative estimate of drug-likeness (QED) is 0.885. The van der Waals surface area contributed by atoms with Gasteiger partial charge in [-0.25, -0.2) is 8.42 Å². The smallest absolute Gasteiger partial charge is 0.244 e. The van der Waals surface area contributed by atoms with Gasteiger partial charge in [0, 0.05) is 23.6 Å². The van der Waals surface area contributed by atoms with Gasteiger partial charge < -0.3 is 5.32 Å². The van der Waals surface area contributed by atoms with Crippen LogP contribution in [0.1, 0.15) is 12.8 Å². The average Bonchev–Trinajstić information content (AvgIpc) is 2.79. The lowest BCUT2D eigenvalue weighted by atomic mass is 10.2. The third-order valence-electron chi connectivity index (χ3n) is 3.19. The highest BCUT2D eigenvalue weighted by atomic mass is 79.9. The summed E-state index contributed by atoms with van der Waals surface area (Å²) in [7, 11) is -1.55. The van der Waals surface area contributed by atoms with Crippen LogP contribution in [-0.4, -0.2) is 38.9 Å². The molecule has 0 amide bonds. The highest BCUT2D eigenvalue weighted by molar-refractivity contribution is 9.10. The zero-order valence-corrected chi connectivity index (χ0v) is 13.9. The summed E-state index contributed by atoms with van der Waals surface area (Å²) in [6.45, 7) is 1.31. The summed E-state index contributed by atoms with van der Waals surface area (Å²) in [5.74, 6) is 0. The lowest BCUT2D eigenvalue weighted by molar-refractivity contribution is 0.379. The van der Waals surface area contributed by atoms with Crippen LogP contribution in [0.25, 0.3) is 0 Å². The van der Waals surface area contributed by atoms with Crippen LogP contribution < -0.4 is 5.32 Å². The van der Waals surface area contributed by atoms with E-state index < -0.39 is 10.0 Å². The van der Waals surface area contributed by atoms with E-state index in [1.165, 1.54) is 0 Å². The fourth-order valence-corrected chi connectivity index (χ4v) is 5.00. The lowest BCUT2D eigenvalue weighted by Crippen LogP contribution is -2.40. The van der Waals surface area contributed by atoms with E-state index in [1.54, 1.807) is 22.5 Å². The van der Waals surface area contributed by atoms with E-state index in [9.17, 15) is 8.42 Å². The summed E-state index contributed by atoms with van der Waals surface area (Å²) in [4.78, 5) is 0.355. The summed E-state index contributed by atoms with van der Waals surface area (Å²) in [5, 5.41) is 3.06. The van der Waals surface area contributed by atoms with E-state index in [1.807, 2.05) is 13.1 Å². The fraction of sp³-hybridized carbons (Fsp3) is 0.500. The molecule has 1 heterocycles. The minimum absolute atomic E-state index is 0. The Hall–Kier alpha value is -0.140. The van der Waals surface area contributed by atoms with Gasteiger partial charge in [0.25, 0.3) is 0 Å². The number of sulfonamides is 1. The van der Waals surface area contributed by atoms with Crippen LogP contribution in [0.15, 0.2) is 33.6 Å². The minimum atomic E-state index is -3.39. The van der Waals surface area contributed by atoms with Crippen LogP contribution in [0, 0.1) is 0 Å². The third-order valence-corrected chi connectivity index (χ3v) is 6.15. The Morgan fingerprint density at radius 3 is 2.74 bits per heavy atom. The van der Waals surface area contributed by atoms with Crippen molar-refractivity contribution < 1.29 is 8.42 Å². The Morgan fingerprint density at radius 2 is 2.11 bits per heavy atom. The van der Waals surface area contributed by atoms with Crippen molar-refractivity contribution in [3.8, 4) is 0 Å². The number of nitrogens with zero attached hydrogens (tertiary/aromatic N) is 1. The van der Waals surface area contributed by atoms with Crippen LogP contribution in [-0.2, 0) is 10.0 Å². The van der Waals surface area contributed by atoms with E-state index in [0.717, 1.165) is 12.8 Å². The second-order valence-electron chi connectivity index (χ2n) is 4.40. The SMILES string of the molecule is CNCC1CCCN1S(=O)(=O)c1ccccc1Br.Cl. The topological polar surface area (TPSA) is 49.4 Å². The predicted octanol–water partition coefficient (Wildman–Crippen LogP) is 2.24. The molecule has 1 aliphatic heterocycles. The lowest BCUT2D eigenvalue weighted by Gasteiger charge is -2.24. The molecule has 2 rings (SSSR count). The Balaban J connectivity index is 0.00000180. The maximum Gasteiger partial charge on any atom is 0.244 e. The molecule has 0 radical (unpaired) electrons. The first-order chi connectivity index (χ1) is 8.57. The molecular formula is C12H18BrClN2O2S. The van der Waals surface area contributed by atoms with Crippen LogP contribution >= 0.6 is 28.3 Å². The normalized spacial score (nSPS) is 20.2. The average molecular weight is 370 g/mol. The van der Waals surface area contributed by atoms with Gasteiger partial charge in [0.05, 0.1) is 4.90 Å². The fourth-order valence-electron chi connectivity index (χ4n) is 2.35. The zero-order valence-electron chi connectivity index (χ0n) is 10.7. The van der Waals surface area contributed by atoms with Crippen LogP contribution in [0.3, 0.4) is 0 Å². The number of hydrogen-bond acceptors (Lipinski definition) is 3. The zero-order chi connectivity index (χ0) is 13.2. The second kappa shape index (κ2) is 7.04. The van der Waals surface area contributed by atoms with Crippen molar-refractivity contribution in [2.75, 3.05) is 20.1 Å². The largest absolute Gasteiger partial charge is 0.318 e. The first-order valence-electron chi connectivity index (χ1n) is 5.98. The minimum Gasteiger partial charge on any atom is -0.318 e. The van der Waals surface area contributed by atoms with E-state index in [-0.39, 0.29) is 18.4 Å². The van der Waals surface area contributed by atoms with E-state index in [4.69, 9.17) is 0 Å². The molecule has 1 aromatic carbocycles. The summed E-state index contributed by atoms with van der Waals surface area (Å²) >= 11 is 3.32. The molecule has 0 bridgehead atoms. The van der Waals surface area contributed by atoms with Gasteiger partial charge in [-0.05, 0) is 48.0 Å². The van der Waals surface area contributed by atoms with Crippen molar-refractivity contribution in [3.63, 3.8) is 0 Å². The predicted molar refractivity (Wildman–Crippen MR) is 82.2 cm³/mol. The molecule has 1 saturated heterocycles. The van der Waals surface area contributed by atoms with Crippen molar-refractivity contribution in [3.05, 3.63) is 28.7 Å². The molecule has 0 aromatic heterocycles. The number of benzene rings is 1. The van der Waals surface area contributed by atoms with Crippen molar-refractivity contribution in [1.82, 2.24) is 9.62 Å². The number of rotatable bonds is 4. The van der Waals surface area contributed by atoms with Gasteiger partial charge in [0.1, 0.15) is 0 Å². The van der Waals surface area contributed by atoms with Crippen LogP contribution in [0.4, 0.5) is 0 Å². The summed E-state index contributed by atoms with van der Waals surface area (Å²) in [6, 6.07) is 7.04. The number of likely N-dealkylation sites (N-methyl/N-ethyl adjacent to an activating group) is 1. The summed E-state index contributed by atoms with van der Waals surface area (Å²) in [5.41, 5.74) is 0. The van der Waals surface area contributed by atoms with E-state index >= 15 is 0 Å². The first kappa shape index (κ1) is 16.9. The van der Waals surface area contributed by atoms with Gasteiger partial charge in [0.15, 0.2) is 0 Å². The number of halogens is 2. The van der Waals surface area contributed by atoms with Crippen molar-refractivity contribution in [1.29, 1.82) is 0 Å². The molecule has 7 heteroatoms. The Bertz CT molecular complexity index is 524. The van der Waals surface area contributed by atoms with Gasteiger partial charge in [-0.1, -0.05) is 12.1 Å². The molecule has 0 saturated carbocycles. The highest BCUT2D eigenvalue weighted by Crippen LogP contribution is 2.29. The van der Waals surface area contributed by atoms with E-state index in [0.29, 0.717) is 22.5 Å². The summed E-state index contributed by atoms with van der Waals surface area (Å²) in [6.07, 6.45) is 1.85. The van der Waals surface area contributed by atoms with Gasteiger partial charge >= 0.3 is 0 Å². The number of nitrogens with one attached hydrogen (secondary N) is 1. The molecule has 1 N–H and O–H groups in total. The maximum atomic E-state index is 12.6. The molecule has 1 aliphatic rings. The van der Waals surface area contributed by atoms with E-state index in [2.05, 4.69) is 21.2 Å². The summed E-state index contributed by atoms with van der Waals surface area (Å²) < 4.78 is 27.5. The molecule has 1 aromatic rings. The van der Waals surface area contributed by atoms with Crippen LogP contribution in [0.5, 0.6) is 0 Å². The van der Waals surface area contributed by atoms with Crippen molar-refractivity contribution in [2.45, 2.75) is 23.8 Å². The molecule has 4 nitrogen and oxygen atoms in total. The Kier molecular flexibility index (Phi) is 6.26. The van der Waals surface area contributed by atoms with Crippen LogP contribution in [0.2, 0.25) is 0 Å².